The number of carbonyl (C=O) groups is 2. The fourth-order valence-corrected chi connectivity index (χ4v) is 7.43. The monoisotopic (exact) mass is 754 g/mol. The molecule has 1 aliphatic heterocycles. The van der Waals surface area contributed by atoms with Gasteiger partial charge in [-0.15, -0.1) is 0 Å². The van der Waals surface area contributed by atoms with Crippen LogP contribution in [-0.4, -0.2) is 55.4 Å². The Hall–Kier alpha value is -5.97. The maximum absolute atomic E-state index is 14.6. The van der Waals surface area contributed by atoms with Crippen molar-refractivity contribution in [3.8, 4) is 22.5 Å². The van der Waals surface area contributed by atoms with Crippen LogP contribution in [0.15, 0.2) is 122 Å². The quantitative estimate of drug-likeness (QED) is 0.135. The van der Waals surface area contributed by atoms with Crippen molar-refractivity contribution in [3.05, 3.63) is 149 Å². The van der Waals surface area contributed by atoms with Crippen LogP contribution in [0.2, 0.25) is 10.0 Å². The van der Waals surface area contributed by atoms with Crippen LogP contribution in [0.3, 0.4) is 0 Å². The van der Waals surface area contributed by atoms with E-state index < -0.39 is 0 Å². The first-order valence-electron chi connectivity index (χ1n) is 17.8. The number of fused-ring (bicyclic) bond motifs is 1. The van der Waals surface area contributed by atoms with Crippen molar-refractivity contribution in [2.24, 2.45) is 0 Å². The van der Waals surface area contributed by atoms with E-state index in [2.05, 4.69) is 37.0 Å². The van der Waals surface area contributed by atoms with E-state index in [4.69, 9.17) is 33.2 Å². The number of hydrogen-bond donors (Lipinski definition) is 3. The Labute approximate surface area is 322 Å². The highest BCUT2D eigenvalue weighted by atomic mass is 35.5. The molecule has 1 saturated heterocycles. The molecule has 0 spiro atoms. The number of halogens is 2. The summed E-state index contributed by atoms with van der Waals surface area (Å²) in [6.07, 6.45) is 8.21. The lowest BCUT2D eigenvalue weighted by atomic mass is 9.99. The molecule has 0 aliphatic carbocycles. The third-order valence-electron chi connectivity index (χ3n) is 9.92. The van der Waals surface area contributed by atoms with Gasteiger partial charge in [-0.05, 0) is 73.9 Å². The number of aromatic nitrogens is 5. The molecule has 0 saturated carbocycles. The molecule has 10 nitrogen and oxygen atoms in total. The van der Waals surface area contributed by atoms with Crippen molar-refractivity contribution in [2.75, 3.05) is 23.3 Å². The van der Waals surface area contributed by atoms with Gasteiger partial charge in [-0.3, -0.25) is 14.6 Å². The first-order valence-corrected chi connectivity index (χ1v) is 18.5. The Morgan fingerprint density at radius 1 is 0.852 bits per heavy atom. The van der Waals surface area contributed by atoms with Crippen molar-refractivity contribution >= 4 is 57.4 Å². The van der Waals surface area contributed by atoms with Gasteiger partial charge in [0.05, 0.1) is 35.0 Å². The summed E-state index contributed by atoms with van der Waals surface area (Å²) in [7, 11) is 0. The second-order valence-electron chi connectivity index (χ2n) is 13.3. The molecule has 0 unspecified atom stereocenters. The van der Waals surface area contributed by atoms with Gasteiger partial charge in [0, 0.05) is 69.8 Å². The van der Waals surface area contributed by atoms with Crippen LogP contribution in [-0.2, 0) is 0 Å². The third kappa shape index (κ3) is 7.05. The Morgan fingerprint density at radius 2 is 1.61 bits per heavy atom. The number of piperidine rings is 1. The number of nitrogens with zero attached hydrogens (tertiary/aromatic N) is 5. The van der Waals surface area contributed by atoms with Crippen LogP contribution in [0.1, 0.15) is 52.2 Å². The Morgan fingerprint density at radius 3 is 2.37 bits per heavy atom. The molecular formula is C42H36Cl2N8O2. The van der Waals surface area contributed by atoms with E-state index in [0.29, 0.717) is 51.5 Å². The predicted octanol–water partition coefficient (Wildman–Crippen LogP) is 9.06. The molecule has 270 valence electrons. The Bertz CT molecular complexity index is 2440. The van der Waals surface area contributed by atoms with Gasteiger partial charge in [0.2, 0.25) is 0 Å². The number of anilines is 2. The van der Waals surface area contributed by atoms with Crippen molar-refractivity contribution in [1.82, 2.24) is 29.8 Å². The molecule has 7 aromatic rings. The van der Waals surface area contributed by atoms with Crippen LogP contribution in [0.5, 0.6) is 0 Å². The number of carbonyl (C=O) groups excluding carboxylic acids is 2. The molecule has 0 radical (unpaired) electrons. The summed E-state index contributed by atoms with van der Waals surface area (Å²) in [6.45, 7) is 3.40. The topological polar surface area (TPSA) is 121 Å². The number of H-pyrrole nitrogens is 1. The van der Waals surface area contributed by atoms with E-state index in [1.807, 2.05) is 91.3 Å². The second kappa shape index (κ2) is 15.2. The molecule has 2 amide bonds. The zero-order chi connectivity index (χ0) is 37.2. The molecule has 3 N–H and O–H groups in total. The maximum atomic E-state index is 14.6. The number of hydrogen-bond acceptors (Lipinski definition) is 6. The molecule has 3 aromatic carbocycles. The minimum atomic E-state index is -0.337. The number of rotatable bonds is 9. The fraction of sp³-hybridized carbons (Fsp3) is 0.167. The number of benzene rings is 3. The zero-order valence-electron chi connectivity index (χ0n) is 29.3. The van der Waals surface area contributed by atoms with Crippen molar-refractivity contribution < 1.29 is 9.59 Å². The second-order valence-corrected chi connectivity index (χ2v) is 14.2. The summed E-state index contributed by atoms with van der Waals surface area (Å²) in [4.78, 5) is 46.7. The number of aromatic amines is 1. The summed E-state index contributed by atoms with van der Waals surface area (Å²) < 4.78 is 2.10. The first-order chi connectivity index (χ1) is 26.3. The van der Waals surface area contributed by atoms with Crippen LogP contribution in [0, 0.1) is 0 Å². The molecule has 12 heteroatoms. The number of nitrogens with one attached hydrogen (secondary N) is 3. The van der Waals surface area contributed by atoms with Gasteiger partial charge in [0.1, 0.15) is 5.69 Å². The number of amides is 2. The van der Waals surface area contributed by atoms with Crippen LogP contribution < -0.4 is 15.5 Å². The van der Waals surface area contributed by atoms with Crippen LogP contribution in [0.4, 0.5) is 11.5 Å². The zero-order valence-corrected chi connectivity index (χ0v) is 30.9. The van der Waals surface area contributed by atoms with Crippen LogP contribution >= 0.6 is 23.2 Å². The Kier molecular flexibility index (Phi) is 9.86. The van der Waals surface area contributed by atoms with Crippen molar-refractivity contribution in [1.29, 1.82) is 0 Å². The maximum Gasteiger partial charge on any atom is 0.272 e. The summed E-state index contributed by atoms with van der Waals surface area (Å²) in [5.74, 6) is 0.188. The number of imidazole rings is 1. The lowest BCUT2D eigenvalue weighted by Gasteiger charge is -2.34. The van der Waals surface area contributed by atoms with Crippen molar-refractivity contribution in [2.45, 2.75) is 31.8 Å². The predicted molar refractivity (Wildman–Crippen MR) is 214 cm³/mol. The van der Waals surface area contributed by atoms with Gasteiger partial charge >= 0.3 is 0 Å². The van der Waals surface area contributed by atoms with Gasteiger partial charge in [0.25, 0.3) is 11.8 Å². The molecule has 1 fully saturated rings. The smallest absolute Gasteiger partial charge is 0.272 e. The molecule has 5 heterocycles. The average Bonchev–Trinajstić information content (AvgIpc) is 3.81. The standard InChI is InChI=1S/C42H36Cl2N8O2/c1-26(27-11-13-30(43)14-12-27)52-25-47-37(28-7-3-2-4-8-28)39(52)36-33-16-15-31(44)23-35(33)49-38(36)42(54)50-34-10-6-20-46-40(34)51-21-17-32(18-22-51)48-41(53)29-9-5-19-45-24-29/h2-16,19-20,23-26,32,49H,17-18,21-22H2,1H3,(H,48,53)(H,50,54)/t26-/m0/s1. The molecule has 1 atom stereocenters. The summed E-state index contributed by atoms with van der Waals surface area (Å²) >= 11 is 12.8. The summed E-state index contributed by atoms with van der Waals surface area (Å²) in [6, 6.07) is 30.3. The van der Waals surface area contributed by atoms with Gasteiger partial charge in [-0.1, -0.05) is 71.7 Å². The summed E-state index contributed by atoms with van der Waals surface area (Å²) in [5.41, 5.74) is 6.36. The highest BCUT2D eigenvalue weighted by Crippen LogP contribution is 2.42. The largest absolute Gasteiger partial charge is 0.355 e. The fourth-order valence-electron chi connectivity index (χ4n) is 7.13. The number of pyridine rings is 2. The van der Waals surface area contributed by atoms with Gasteiger partial charge in [-0.2, -0.15) is 0 Å². The lowest BCUT2D eigenvalue weighted by molar-refractivity contribution is 0.0930. The van der Waals surface area contributed by atoms with Gasteiger partial charge in [0.15, 0.2) is 5.82 Å². The minimum Gasteiger partial charge on any atom is -0.355 e. The SMILES string of the molecule is C[C@@H](c1ccc(Cl)cc1)n1cnc(-c2ccccc2)c1-c1c(C(=O)Nc2cccnc2N2CCC(NC(=O)c3cccnc3)CC2)[nH]c2cc(Cl)ccc12. The molecule has 1 aliphatic rings. The van der Waals surface area contributed by atoms with Gasteiger partial charge in [-0.25, -0.2) is 9.97 Å². The van der Waals surface area contributed by atoms with E-state index in [1.54, 1.807) is 30.7 Å². The van der Waals surface area contributed by atoms with Crippen LogP contribution in [0.25, 0.3) is 33.4 Å². The van der Waals surface area contributed by atoms with Gasteiger partial charge < -0.3 is 25.1 Å². The van der Waals surface area contributed by atoms with E-state index in [9.17, 15) is 9.59 Å². The average molecular weight is 756 g/mol. The molecule has 8 rings (SSSR count). The third-order valence-corrected chi connectivity index (χ3v) is 10.4. The van der Waals surface area contributed by atoms with E-state index >= 15 is 0 Å². The highest BCUT2D eigenvalue weighted by Gasteiger charge is 2.29. The molecule has 0 bridgehead atoms. The lowest BCUT2D eigenvalue weighted by Crippen LogP contribution is -2.45. The molecule has 4 aromatic heterocycles. The summed E-state index contributed by atoms with van der Waals surface area (Å²) in [5, 5.41) is 8.34. The van der Waals surface area contributed by atoms with E-state index in [1.165, 1.54) is 0 Å². The van der Waals surface area contributed by atoms with E-state index in [0.717, 1.165) is 46.3 Å². The van der Waals surface area contributed by atoms with E-state index in [-0.39, 0.29) is 23.9 Å². The first kappa shape index (κ1) is 35.1. The molecular weight excluding hydrogens is 719 g/mol. The van der Waals surface area contributed by atoms with Crippen molar-refractivity contribution in [3.63, 3.8) is 0 Å². The highest BCUT2D eigenvalue weighted by molar-refractivity contribution is 6.31. The minimum absolute atomic E-state index is 0.00960. The normalized spacial score (nSPS) is 13.9. The Balaban J connectivity index is 1.14. The molecule has 54 heavy (non-hydrogen) atoms.